The summed E-state index contributed by atoms with van der Waals surface area (Å²) in [5, 5.41) is 12.7. The fraction of sp³-hybridized carbons (Fsp3) is 0.0667. The molecule has 0 saturated heterocycles. The zero-order valence-electron chi connectivity index (χ0n) is 11.3. The number of rotatable bonds is 2. The standard InChI is InChI=1S/C15H13N3O2S/c1-8-6-10(19)3-5-11(8)17-14(20)9-2-4-12-13(7-9)21-15(16)18-12/h2-7,19H,1H3,(H2,16,18)(H,17,20). The van der Waals surface area contributed by atoms with Crippen LogP contribution in [0.4, 0.5) is 10.8 Å². The molecule has 106 valence electrons. The number of phenolic OH excluding ortho intramolecular Hbond substituents is 1. The van der Waals surface area contributed by atoms with Crippen LogP contribution in [0.2, 0.25) is 0 Å². The van der Waals surface area contributed by atoms with E-state index in [1.807, 2.05) is 6.92 Å². The Morgan fingerprint density at radius 3 is 2.86 bits per heavy atom. The molecule has 0 radical (unpaired) electrons. The van der Waals surface area contributed by atoms with E-state index in [0.717, 1.165) is 15.8 Å². The number of thiazole rings is 1. The molecule has 4 N–H and O–H groups in total. The van der Waals surface area contributed by atoms with Crippen molar-refractivity contribution in [2.45, 2.75) is 6.92 Å². The topological polar surface area (TPSA) is 88.2 Å². The summed E-state index contributed by atoms with van der Waals surface area (Å²) in [4.78, 5) is 16.4. The lowest BCUT2D eigenvalue weighted by atomic mass is 10.1. The van der Waals surface area contributed by atoms with Gasteiger partial charge >= 0.3 is 0 Å². The predicted molar refractivity (Wildman–Crippen MR) is 84.8 cm³/mol. The Balaban J connectivity index is 1.89. The highest BCUT2D eigenvalue weighted by molar-refractivity contribution is 7.22. The number of benzene rings is 2. The molecule has 0 aliphatic rings. The van der Waals surface area contributed by atoms with Crippen LogP contribution in [0.5, 0.6) is 5.75 Å². The van der Waals surface area contributed by atoms with Gasteiger partial charge in [-0.15, -0.1) is 0 Å². The number of hydrogen-bond donors (Lipinski definition) is 3. The van der Waals surface area contributed by atoms with E-state index < -0.39 is 0 Å². The smallest absolute Gasteiger partial charge is 0.255 e. The molecule has 1 amide bonds. The van der Waals surface area contributed by atoms with E-state index in [-0.39, 0.29) is 11.7 Å². The second-order valence-corrected chi connectivity index (χ2v) is 5.75. The normalized spacial score (nSPS) is 10.7. The Hall–Kier alpha value is -2.60. The van der Waals surface area contributed by atoms with Gasteiger partial charge in [0.05, 0.1) is 10.2 Å². The third-order valence-electron chi connectivity index (χ3n) is 3.13. The minimum absolute atomic E-state index is 0.173. The lowest BCUT2D eigenvalue weighted by Gasteiger charge is -2.08. The molecule has 21 heavy (non-hydrogen) atoms. The molecule has 0 fully saturated rings. The molecule has 0 spiro atoms. The fourth-order valence-corrected chi connectivity index (χ4v) is 2.84. The Morgan fingerprint density at radius 2 is 2.10 bits per heavy atom. The predicted octanol–water partition coefficient (Wildman–Crippen LogP) is 3.14. The monoisotopic (exact) mass is 299 g/mol. The third-order valence-corrected chi connectivity index (χ3v) is 3.97. The van der Waals surface area contributed by atoms with Gasteiger partial charge in [0.25, 0.3) is 5.91 Å². The summed E-state index contributed by atoms with van der Waals surface area (Å²) < 4.78 is 0.877. The van der Waals surface area contributed by atoms with E-state index >= 15 is 0 Å². The second-order valence-electron chi connectivity index (χ2n) is 4.69. The molecule has 1 heterocycles. The molecule has 0 unspecified atom stereocenters. The van der Waals surface area contributed by atoms with E-state index in [4.69, 9.17) is 5.73 Å². The number of hydrogen-bond acceptors (Lipinski definition) is 5. The minimum atomic E-state index is -0.210. The van der Waals surface area contributed by atoms with Crippen LogP contribution in [0.25, 0.3) is 10.2 Å². The summed E-state index contributed by atoms with van der Waals surface area (Å²) in [6.45, 7) is 1.82. The molecule has 0 saturated carbocycles. The van der Waals surface area contributed by atoms with Crippen molar-refractivity contribution >= 4 is 38.3 Å². The summed E-state index contributed by atoms with van der Waals surface area (Å²) in [5.74, 6) is -0.0373. The largest absolute Gasteiger partial charge is 0.508 e. The number of carbonyl (C=O) groups is 1. The number of aromatic nitrogens is 1. The van der Waals surface area contributed by atoms with Crippen molar-refractivity contribution in [3.8, 4) is 5.75 Å². The number of nitrogens with one attached hydrogen (secondary N) is 1. The summed E-state index contributed by atoms with van der Waals surface area (Å²) in [5.41, 5.74) is 8.45. The first-order valence-corrected chi connectivity index (χ1v) is 7.11. The number of amides is 1. The molecule has 3 aromatic rings. The van der Waals surface area contributed by atoms with Gasteiger partial charge in [0, 0.05) is 11.3 Å². The van der Waals surface area contributed by atoms with Crippen LogP contribution in [-0.2, 0) is 0 Å². The Kier molecular flexibility index (Phi) is 3.23. The van der Waals surface area contributed by atoms with Crippen LogP contribution in [0, 0.1) is 6.92 Å². The van der Waals surface area contributed by atoms with E-state index in [2.05, 4.69) is 10.3 Å². The van der Waals surface area contributed by atoms with Gasteiger partial charge in [0.15, 0.2) is 5.13 Å². The van der Waals surface area contributed by atoms with Crippen molar-refractivity contribution in [1.29, 1.82) is 0 Å². The lowest BCUT2D eigenvalue weighted by molar-refractivity contribution is 0.102. The van der Waals surface area contributed by atoms with E-state index in [1.54, 1.807) is 30.3 Å². The highest BCUT2D eigenvalue weighted by atomic mass is 32.1. The van der Waals surface area contributed by atoms with Crippen LogP contribution in [-0.4, -0.2) is 16.0 Å². The number of fused-ring (bicyclic) bond motifs is 1. The van der Waals surface area contributed by atoms with Crippen molar-refractivity contribution in [1.82, 2.24) is 4.98 Å². The fourth-order valence-electron chi connectivity index (χ4n) is 2.07. The van der Waals surface area contributed by atoms with Gasteiger partial charge in [-0.3, -0.25) is 4.79 Å². The molecule has 3 rings (SSSR count). The van der Waals surface area contributed by atoms with E-state index in [0.29, 0.717) is 16.4 Å². The Labute approximate surface area is 125 Å². The first-order valence-electron chi connectivity index (χ1n) is 6.30. The first kappa shape index (κ1) is 13.4. The molecule has 0 aliphatic carbocycles. The summed E-state index contributed by atoms with van der Waals surface area (Å²) in [7, 11) is 0. The molecular weight excluding hydrogens is 286 g/mol. The molecule has 6 heteroatoms. The zero-order valence-corrected chi connectivity index (χ0v) is 12.1. The van der Waals surface area contributed by atoms with Gasteiger partial charge in [0.1, 0.15) is 5.75 Å². The number of carbonyl (C=O) groups excluding carboxylic acids is 1. The van der Waals surface area contributed by atoms with Crippen LogP contribution in [0.15, 0.2) is 36.4 Å². The maximum absolute atomic E-state index is 12.3. The quantitative estimate of drug-likeness (QED) is 0.634. The zero-order chi connectivity index (χ0) is 15.0. The second kappa shape index (κ2) is 5.06. The molecular formula is C15H13N3O2S. The summed E-state index contributed by atoms with van der Waals surface area (Å²) in [6, 6.07) is 10.1. The number of phenols is 1. The average molecular weight is 299 g/mol. The molecule has 2 aromatic carbocycles. The SMILES string of the molecule is Cc1cc(O)ccc1NC(=O)c1ccc2nc(N)sc2c1. The highest BCUT2D eigenvalue weighted by Crippen LogP contribution is 2.25. The average Bonchev–Trinajstić information content (AvgIpc) is 2.80. The van der Waals surface area contributed by atoms with Crippen molar-refractivity contribution in [3.05, 3.63) is 47.5 Å². The number of anilines is 2. The van der Waals surface area contributed by atoms with Crippen molar-refractivity contribution in [3.63, 3.8) is 0 Å². The lowest BCUT2D eigenvalue weighted by Crippen LogP contribution is -2.12. The van der Waals surface area contributed by atoms with Crippen molar-refractivity contribution < 1.29 is 9.90 Å². The van der Waals surface area contributed by atoms with Gasteiger partial charge in [0.2, 0.25) is 0 Å². The Bertz CT molecular complexity index is 842. The van der Waals surface area contributed by atoms with Crippen LogP contribution in [0.1, 0.15) is 15.9 Å². The maximum atomic E-state index is 12.3. The van der Waals surface area contributed by atoms with Crippen molar-refractivity contribution in [2.24, 2.45) is 0 Å². The molecule has 5 nitrogen and oxygen atoms in total. The number of aryl methyl sites for hydroxylation is 1. The Morgan fingerprint density at radius 1 is 1.29 bits per heavy atom. The van der Waals surface area contributed by atoms with E-state index in [1.165, 1.54) is 17.4 Å². The number of nitrogen functional groups attached to an aromatic ring is 1. The minimum Gasteiger partial charge on any atom is -0.508 e. The van der Waals surface area contributed by atoms with E-state index in [9.17, 15) is 9.90 Å². The molecule has 1 aromatic heterocycles. The number of aromatic hydroxyl groups is 1. The number of nitrogens with two attached hydrogens (primary N) is 1. The van der Waals surface area contributed by atoms with Crippen LogP contribution in [0.3, 0.4) is 0 Å². The van der Waals surface area contributed by atoms with Crippen molar-refractivity contribution in [2.75, 3.05) is 11.1 Å². The van der Waals surface area contributed by atoms with Gasteiger partial charge in [-0.25, -0.2) is 4.98 Å². The molecule has 0 bridgehead atoms. The highest BCUT2D eigenvalue weighted by Gasteiger charge is 2.10. The number of nitrogens with zero attached hydrogens (tertiary/aromatic N) is 1. The van der Waals surface area contributed by atoms with Gasteiger partial charge < -0.3 is 16.2 Å². The summed E-state index contributed by atoms with van der Waals surface area (Å²) in [6.07, 6.45) is 0. The molecule has 0 atom stereocenters. The first-order chi connectivity index (χ1) is 10.0. The molecule has 0 aliphatic heterocycles. The third kappa shape index (κ3) is 2.66. The van der Waals surface area contributed by atoms with Crippen LogP contribution < -0.4 is 11.1 Å². The summed E-state index contributed by atoms with van der Waals surface area (Å²) >= 11 is 1.35. The maximum Gasteiger partial charge on any atom is 0.255 e. The van der Waals surface area contributed by atoms with Gasteiger partial charge in [-0.05, 0) is 48.9 Å². The van der Waals surface area contributed by atoms with Crippen LogP contribution >= 0.6 is 11.3 Å². The van der Waals surface area contributed by atoms with Gasteiger partial charge in [-0.2, -0.15) is 0 Å². The van der Waals surface area contributed by atoms with Gasteiger partial charge in [-0.1, -0.05) is 11.3 Å².